The van der Waals surface area contributed by atoms with Crippen LogP contribution in [-0.4, -0.2) is 15.7 Å². The van der Waals surface area contributed by atoms with Crippen molar-refractivity contribution in [1.82, 2.24) is 9.78 Å². The number of nitrogens with one attached hydrogen (secondary N) is 1. The summed E-state index contributed by atoms with van der Waals surface area (Å²) in [5.41, 5.74) is 1.05. The Kier molecular flexibility index (Phi) is 5.06. The van der Waals surface area contributed by atoms with E-state index in [0.29, 0.717) is 11.3 Å². The second-order valence-corrected chi connectivity index (χ2v) is 6.29. The van der Waals surface area contributed by atoms with Gasteiger partial charge in [-0.1, -0.05) is 29.3 Å². The molecule has 0 radical (unpaired) electrons. The summed E-state index contributed by atoms with van der Waals surface area (Å²) < 4.78 is 14.8. The summed E-state index contributed by atoms with van der Waals surface area (Å²) in [6.07, 6.45) is 1.26. The normalized spacial score (nSPS) is 10.6. The largest absolute Gasteiger partial charge is 0.319 e. The molecule has 0 unspecified atom stereocenters. The fraction of sp³-hybridized carbons (Fsp3) is 0.0556. The molecule has 0 spiro atoms. The van der Waals surface area contributed by atoms with Crippen LogP contribution in [0.5, 0.6) is 0 Å². The zero-order chi connectivity index (χ0) is 18.8. The number of rotatable bonds is 3. The Balaban J connectivity index is 1.86. The van der Waals surface area contributed by atoms with Crippen molar-refractivity contribution in [2.45, 2.75) is 6.92 Å². The van der Waals surface area contributed by atoms with Crippen LogP contribution in [0.15, 0.2) is 53.5 Å². The molecule has 0 fully saturated rings. The second-order valence-electron chi connectivity index (χ2n) is 5.51. The van der Waals surface area contributed by atoms with Crippen molar-refractivity contribution in [2.75, 3.05) is 5.32 Å². The smallest absolute Gasteiger partial charge is 0.291 e. The minimum atomic E-state index is -0.571. The molecule has 0 aliphatic rings. The highest BCUT2D eigenvalue weighted by Crippen LogP contribution is 2.18. The van der Waals surface area contributed by atoms with Crippen LogP contribution < -0.4 is 10.9 Å². The third kappa shape index (κ3) is 3.61. The SMILES string of the molecule is Cc1ccc(F)c(NC(=O)c2ccc(-n3ncc(Cl)c(Cl)c3=O)cc2)c1. The van der Waals surface area contributed by atoms with Crippen molar-refractivity contribution in [2.24, 2.45) is 0 Å². The minimum Gasteiger partial charge on any atom is -0.319 e. The van der Waals surface area contributed by atoms with Crippen LogP contribution in [0.25, 0.3) is 5.69 Å². The molecule has 1 amide bonds. The molecular formula is C18H12Cl2FN3O2. The molecule has 0 aliphatic carbocycles. The predicted molar refractivity (Wildman–Crippen MR) is 98.9 cm³/mol. The summed E-state index contributed by atoms with van der Waals surface area (Å²) in [7, 11) is 0. The maximum Gasteiger partial charge on any atom is 0.291 e. The maximum absolute atomic E-state index is 13.8. The average Bonchev–Trinajstić information content (AvgIpc) is 2.63. The highest BCUT2D eigenvalue weighted by atomic mass is 35.5. The standard InChI is InChI=1S/C18H12Cl2FN3O2/c1-10-2-7-14(21)15(8-10)23-17(25)11-3-5-12(6-4-11)24-18(26)16(20)13(19)9-22-24/h2-9H,1H3,(H,23,25). The molecule has 1 heterocycles. The molecule has 0 atom stereocenters. The van der Waals surface area contributed by atoms with Crippen LogP contribution in [0.2, 0.25) is 10.0 Å². The van der Waals surface area contributed by atoms with E-state index in [1.165, 1.54) is 36.5 Å². The fourth-order valence-corrected chi connectivity index (χ4v) is 2.53. The molecular weight excluding hydrogens is 380 g/mol. The Morgan fingerprint density at radius 3 is 2.54 bits per heavy atom. The van der Waals surface area contributed by atoms with Crippen molar-refractivity contribution in [3.05, 3.63) is 86.0 Å². The lowest BCUT2D eigenvalue weighted by atomic mass is 10.1. The molecule has 0 bridgehead atoms. The van der Waals surface area contributed by atoms with Crippen molar-refractivity contribution in [1.29, 1.82) is 0 Å². The number of amides is 1. The van der Waals surface area contributed by atoms with E-state index in [2.05, 4.69) is 10.4 Å². The van der Waals surface area contributed by atoms with Gasteiger partial charge in [-0.25, -0.2) is 4.39 Å². The second kappa shape index (κ2) is 7.27. The summed E-state index contributed by atoms with van der Waals surface area (Å²) in [4.78, 5) is 24.4. The topological polar surface area (TPSA) is 64.0 Å². The van der Waals surface area contributed by atoms with Gasteiger partial charge in [0.05, 0.1) is 22.6 Å². The lowest BCUT2D eigenvalue weighted by molar-refractivity contribution is 0.102. The van der Waals surface area contributed by atoms with E-state index >= 15 is 0 Å². The van der Waals surface area contributed by atoms with Gasteiger partial charge in [-0.05, 0) is 48.9 Å². The molecule has 3 aromatic rings. The Morgan fingerprint density at radius 1 is 1.15 bits per heavy atom. The number of anilines is 1. The molecule has 1 N–H and O–H groups in total. The third-order valence-corrected chi connectivity index (χ3v) is 4.37. The van der Waals surface area contributed by atoms with Crippen LogP contribution in [0.3, 0.4) is 0 Å². The van der Waals surface area contributed by atoms with Gasteiger partial charge in [0.25, 0.3) is 11.5 Å². The molecule has 3 rings (SSSR count). The minimum absolute atomic E-state index is 0.0593. The van der Waals surface area contributed by atoms with Crippen LogP contribution in [0.4, 0.5) is 10.1 Å². The van der Waals surface area contributed by atoms with Crippen molar-refractivity contribution in [3.63, 3.8) is 0 Å². The lowest BCUT2D eigenvalue weighted by Crippen LogP contribution is -2.21. The van der Waals surface area contributed by atoms with E-state index in [4.69, 9.17) is 23.2 Å². The number of halogens is 3. The number of carbonyl (C=O) groups excluding carboxylic acids is 1. The summed E-state index contributed by atoms with van der Waals surface area (Å²) in [5, 5.41) is 6.35. The zero-order valence-corrected chi connectivity index (χ0v) is 15.0. The number of hydrogen-bond donors (Lipinski definition) is 1. The monoisotopic (exact) mass is 391 g/mol. The van der Waals surface area contributed by atoms with Crippen molar-refractivity contribution in [3.8, 4) is 5.69 Å². The van der Waals surface area contributed by atoms with E-state index in [-0.39, 0.29) is 15.7 Å². The Bertz CT molecular complexity index is 1050. The van der Waals surface area contributed by atoms with E-state index in [1.807, 2.05) is 0 Å². The number of carbonyl (C=O) groups is 1. The number of nitrogens with zero attached hydrogens (tertiary/aromatic N) is 2. The first-order valence-electron chi connectivity index (χ1n) is 7.48. The first-order chi connectivity index (χ1) is 12.4. The summed E-state index contributed by atoms with van der Waals surface area (Å²) in [6.45, 7) is 1.80. The number of benzene rings is 2. The van der Waals surface area contributed by atoms with Gasteiger partial charge in [-0.2, -0.15) is 9.78 Å². The van der Waals surface area contributed by atoms with E-state index in [1.54, 1.807) is 19.1 Å². The predicted octanol–water partition coefficient (Wildman–Crippen LogP) is 4.24. The summed E-state index contributed by atoms with van der Waals surface area (Å²) >= 11 is 11.6. The van der Waals surface area contributed by atoms with Gasteiger partial charge in [-0.15, -0.1) is 0 Å². The molecule has 132 valence electrons. The summed E-state index contributed by atoms with van der Waals surface area (Å²) in [5.74, 6) is -0.998. The van der Waals surface area contributed by atoms with E-state index < -0.39 is 17.3 Å². The van der Waals surface area contributed by atoms with E-state index in [9.17, 15) is 14.0 Å². The van der Waals surface area contributed by atoms with Gasteiger partial charge < -0.3 is 5.32 Å². The van der Waals surface area contributed by atoms with Gasteiger partial charge in [0.2, 0.25) is 0 Å². The lowest BCUT2D eigenvalue weighted by Gasteiger charge is -2.09. The highest BCUT2D eigenvalue weighted by molar-refractivity contribution is 6.41. The Labute approximate surface area is 158 Å². The first kappa shape index (κ1) is 18.1. The van der Waals surface area contributed by atoms with Gasteiger partial charge in [0.15, 0.2) is 0 Å². The van der Waals surface area contributed by atoms with Crippen LogP contribution in [0.1, 0.15) is 15.9 Å². The molecule has 0 saturated carbocycles. The first-order valence-corrected chi connectivity index (χ1v) is 8.23. The van der Waals surface area contributed by atoms with Crippen LogP contribution >= 0.6 is 23.2 Å². The number of aromatic nitrogens is 2. The molecule has 8 heteroatoms. The molecule has 2 aromatic carbocycles. The van der Waals surface area contributed by atoms with Crippen LogP contribution in [0, 0.1) is 12.7 Å². The van der Waals surface area contributed by atoms with Crippen LogP contribution in [-0.2, 0) is 0 Å². The molecule has 26 heavy (non-hydrogen) atoms. The van der Waals surface area contributed by atoms with Gasteiger partial charge in [-0.3, -0.25) is 9.59 Å². The average molecular weight is 392 g/mol. The molecule has 5 nitrogen and oxygen atoms in total. The number of hydrogen-bond acceptors (Lipinski definition) is 3. The van der Waals surface area contributed by atoms with Crippen molar-refractivity contribution >= 4 is 34.8 Å². The maximum atomic E-state index is 13.8. The Hall–Kier alpha value is -2.70. The third-order valence-electron chi connectivity index (χ3n) is 3.62. The quantitative estimate of drug-likeness (QED) is 0.725. The van der Waals surface area contributed by atoms with Gasteiger partial charge >= 0.3 is 0 Å². The van der Waals surface area contributed by atoms with Crippen molar-refractivity contribution < 1.29 is 9.18 Å². The van der Waals surface area contributed by atoms with Gasteiger partial charge in [0, 0.05) is 5.56 Å². The molecule has 0 aliphatic heterocycles. The number of aryl methyl sites for hydroxylation is 1. The summed E-state index contributed by atoms with van der Waals surface area (Å²) in [6, 6.07) is 10.5. The Morgan fingerprint density at radius 2 is 1.85 bits per heavy atom. The fourth-order valence-electron chi connectivity index (χ4n) is 2.28. The molecule has 0 saturated heterocycles. The van der Waals surface area contributed by atoms with E-state index in [0.717, 1.165) is 10.2 Å². The van der Waals surface area contributed by atoms with Gasteiger partial charge in [0.1, 0.15) is 10.8 Å². The zero-order valence-electron chi connectivity index (χ0n) is 13.5. The highest BCUT2D eigenvalue weighted by Gasteiger charge is 2.12. The molecule has 1 aromatic heterocycles.